The zero-order valence-corrected chi connectivity index (χ0v) is 9.92. The Bertz CT molecular complexity index is 600. The SMILES string of the molecule is COc1ccc2cn(C(=O)CCC(=O)O)cc2c1. The summed E-state index contributed by atoms with van der Waals surface area (Å²) in [5.41, 5.74) is 0. The van der Waals surface area contributed by atoms with E-state index in [0.29, 0.717) is 0 Å². The van der Waals surface area contributed by atoms with Crippen LogP contribution in [0.4, 0.5) is 0 Å². The molecular formula is C13H13NO4. The number of fused-ring (bicyclic) bond motifs is 1. The molecule has 18 heavy (non-hydrogen) atoms. The van der Waals surface area contributed by atoms with Crippen LogP contribution in [0.5, 0.6) is 5.75 Å². The topological polar surface area (TPSA) is 68.5 Å². The zero-order valence-electron chi connectivity index (χ0n) is 9.92. The molecule has 0 atom stereocenters. The van der Waals surface area contributed by atoms with Crippen molar-refractivity contribution in [3.8, 4) is 5.75 Å². The Kier molecular flexibility index (Phi) is 3.32. The van der Waals surface area contributed by atoms with Crippen LogP contribution < -0.4 is 4.74 Å². The summed E-state index contributed by atoms with van der Waals surface area (Å²) in [6.45, 7) is 0. The lowest BCUT2D eigenvalue weighted by molar-refractivity contribution is -0.136. The molecular weight excluding hydrogens is 234 g/mol. The summed E-state index contributed by atoms with van der Waals surface area (Å²) in [7, 11) is 1.58. The highest BCUT2D eigenvalue weighted by Crippen LogP contribution is 2.21. The second-order valence-electron chi connectivity index (χ2n) is 3.95. The Morgan fingerprint density at radius 1 is 1.22 bits per heavy atom. The molecule has 0 saturated carbocycles. The van der Waals surface area contributed by atoms with Gasteiger partial charge in [0.15, 0.2) is 0 Å². The molecule has 1 heterocycles. The Labute approximate surface area is 104 Å². The fraction of sp³-hybridized carbons (Fsp3) is 0.231. The third-order valence-electron chi connectivity index (χ3n) is 2.69. The van der Waals surface area contributed by atoms with E-state index < -0.39 is 5.97 Å². The van der Waals surface area contributed by atoms with Crippen LogP contribution in [0, 0.1) is 0 Å². The lowest BCUT2D eigenvalue weighted by Crippen LogP contribution is -2.10. The molecule has 0 aliphatic heterocycles. The molecule has 0 radical (unpaired) electrons. The summed E-state index contributed by atoms with van der Waals surface area (Å²) in [5.74, 6) is -0.479. The third kappa shape index (κ3) is 2.51. The molecule has 0 saturated heterocycles. The Morgan fingerprint density at radius 3 is 2.61 bits per heavy atom. The Morgan fingerprint density at radius 2 is 1.94 bits per heavy atom. The number of carbonyl (C=O) groups is 2. The molecule has 0 spiro atoms. The highest BCUT2D eigenvalue weighted by atomic mass is 16.5. The molecule has 0 aliphatic carbocycles. The number of nitrogens with zero attached hydrogens (tertiary/aromatic N) is 1. The highest BCUT2D eigenvalue weighted by molar-refractivity contribution is 5.90. The van der Waals surface area contributed by atoms with Crippen LogP contribution in [0.2, 0.25) is 0 Å². The van der Waals surface area contributed by atoms with Gasteiger partial charge >= 0.3 is 5.97 Å². The van der Waals surface area contributed by atoms with Crippen LogP contribution in [-0.4, -0.2) is 28.7 Å². The smallest absolute Gasteiger partial charge is 0.303 e. The molecule has 0 fully saturated rings. The number of methoxy groups -OCH3 is 1. The number of aliphatic carboxylic acids is 1. The lowest BCUT2D eigenvalue weighted by atomic mass is 10.2. The Hall–Kier alpha value is -2.30. The maximum absolute atomic E-state index is 11.7. The van der Waals surface area contributed by atoms with E-state index >= 15 is 0 Å². The van der Waals surface area contributed by atoms with Gasteiger partial charge < -0.3 is 9.84 Å². The molecule has 94 valence electrons. The average molecular weight is 247 g/mol. The molecule has 5 nitrogen and oxygen atoms in total. The molecule has 0 bridgehead atoms. The van der Waals surface area contributed by atoms with Crippen molar-refractivity contribution in [2.24, 2.45) is 0 Å². The number of rotatable bonds is 4. The first kappa shape index (κ1) is 12.2. The van der Waals surface area contributed by atoms with Gasteiger partial charge in [-0.05, 0) is 18.2 Å². The number of benzene rings is 1. The van der Waals surface area contributed by atoms with Crippen molar-refractivity contribution < 1.29 is 19.4 Å². The molecule has 0 aliphatic rings. The monoisotopic (exact) mass is 247 g/mol. The number of ether oxygens (including phenoxy) is 1. The van der Waals surface area contributed by atoms with Crippen LogP contribution in [0.25, 0.3) is 10.8 Å². The van der Waals surface area contributed by atoms with E-state index in [1.807, 2.05) is 18.2 Å². The predicted octanol–water partition coefficient (Wildman–Crippen LogP) is 2.15. The fourth-order valence-electron chi connectivity index (χ4n) is 1.73. The second kappa shape index (κ2) is 4.91. The van der Waals surface area contributed by atoms with Crippen molar-refractivity contribution in [3.63, 3.8) is 0 Å². The lowest BCUT2D eigenvalue weighted by Gasteiger charge is -1.98. The number of carboxylic acids is 1. The normalized spacial score (nSPS) is 10.5. The molecule has 1 N–H and O–H groups in total. The zero-order chi connectivity index (χ0) is 13.1. The predicted molar refractivity (Wildman–Crippen MR) is 66.0 cm³/mol. The number of carbonyl (C=O) groups excluding carboxylic acids is 1. The second-order valence-corrected chi connectivity index (χ2v) is 3.95. The molecule has 1 aromatic carbocycles. The van der Waals surface area contributed by atoms with Gasteiger partial charge in [-0.25, -0.2) is 0 Å². The van der Waals surface area contributed by atoms with Gasteiger partial charge in [0.2, 0.25) is 5.91 Å². The maximum Gasteiger partial charge on any atom is 0.303 e. The van der Waals surface area contributed by atoms with Gasteiger partial charge in [0.05, 0.1) is 13.5 Å². The number of carboxylic acid groups (broad SMARTS) is 1. The first-order valence-corrected chi connectivity index (χ1v) is 5.51. The minimum Gasteiger partial charge on any atom is -0.497 e. The molecule has 0 amide bonds. The summed E-state index contributed by atoms with van der Waals surface area (Å²) in [4.78, 5) is 22.2. The quantitative estimate of drug-likeness (QED) is 0.898. The van der Waals surface area contributed by atoms with Crippen molar-refractivity contribution in [2.75, 3.05) is 7.11 Å². The summed E-state index contributed by atoms with van der Waals surface area (Å²) in [5, 5.41) is 10.3. The number of hydrogen-bond acceptors (Lipinski definition) is 3. The highest BCUT2D eigenvalue weighted by Gasteiger charge is 2.09. The number of aromatic nitrogens is 1. The van der Waals surface area contributed by atoms with Gasteiger partial charge in [-0.2, -0.15) is 0 Å². The van der Waals surface area contributed by atoms with Crippen LogP contribution in [0.1, 0.15) is 17.6 Å². The summed E-state index contributed by atoms with van der Waals surface area (Å²) in [6.07, 6.45) is 3.21. The minimum absolute atomic E-state index is 0.00649. The molecule has 5 heteroatoms. The van der Waals surface area contributed by atoms with Crippen molar-refractivity contribution in [3.05, 3.63) is 30.6 Å². The van der Waals surface area contributed by atoms with Gasteiger partial charge in [0.25, 0.3) is 0 Å². The van der Waals surface area contributed by atoms with Gasteiger partial charge in [-0.1, -0.05) is 0 Å². The first-order valence-electron chi connectivity index (χ1n) is 5.51. The summed E-state index contributed by atoms with van der Waals surface area (Å²) in [6, 6.07) is 5.50. The van der Waals surface area contributed by atoms with E-state index in [0.717, 1.165) is 16.5 Å². The van der Waals surface area contributed by atoms with E-state index in [2.05, 4.69) is 0 Å². The molecule has 1 aromatic heterocycles. The molecule has 0 unspecified atom stereocenters. The summed E-state index contributed by atoms with van der Waals surface area (Å²) < 4.78 is 6.52. The van der Waals surface area contributed by atoms with Crippen LogP contribution in [0.3, 0.4) is 0 Å². The van der Waals surface area contributed by atoms with E-state index in [1.165, 1.54) is 4.57 Å². The maximum atomic E-state index is 11.7. The van der Waals surface area contributed by atoms with Crippen LogP contribution in [0.15, 0.2) is 30.6 Å². The van der Waals surface area contributed by atoms with Crippen molar-refractivity contribution >= 4 is 22.6 Å². The fourth-order valence-corrected chi connectivity index (χ4v) is 1.73. The molecule has 2 rings (SSSR count). The Balaban J connectivity index is 2.24. The van der Waals surface area contributed by atoms with Crippen molar-refractivity contribution in [1.29, 1.82) is 0 Å². The van der Waals surface area contributed by atoms with Crippen molar-refractivity contribution in [1.82, 2.24) is 4.57 Å². The van der Waals surface area contributed by atoms with E-state index in [4.69, 9.17) is 9.84 Å². The van der Waals surface area contributed by atoms with Crippen LogP contribution in [-0.2, 0) is 4.79 Å². The third-order valence-corrected chi connectivity index (χ3v) is 2.69. The van der Waals surface area contributed by atoms with Crippen LogP contribution >= 0.6 is 0 Å². The average Bonchev–Trinajstić information content (AvgIpc) is 2.78. The van der Waals surface area contributed by atoms with Gasteiger partial charge in [0.1, 0.15) is 5.75 Å². The summed E-state index contributed by atoms with van der Waals surface area (Å²) >= 11 is 0. The first-order chi connectivity index (χ1) is 8.60. The van der Waals surface area contributed by atoms with Gasteiger partial charge in [0, 0.05) is 29.6 Å². The van der Waals surface area contributed by atoms with E-state index in [9.17, 15) is 9.59 Å². The van der Waals surface area contributed by atoms with Crippen molar-refractivity contribution in [2.45, 2.75) is 12.8 Å². The number of hydrogen-bond donors (Lipinski definition) is 1. The van der Waals surface area contributed by atoms with Gasteiger partial charge in [-0.3, -0.25) is 14.2 Å². The van der Waals surface area contributed by atoms with E-state index in [-0.39, 0.29) is 18.7 Å². The van der Waals surface area contributed by atoms with E-state index in [1.54, 1.807) is 19.5 Å². The van der Waals surface area contributed by atoms with Gasteiger partial charge in [-0.15, -0.1) is 0 Å². The minimum atomic E-state index is -0.971. The largest absolute Gasteiger partial charge is 0.497 e. The standard InChI is InChI=1S/C13H13NO4/c1-18-11-3-2-9-7-14(8-10(9)6-11)12(15)4-5-13(16)17/h2-3,6-8H,4-5H2,1H3,(H,16,17). The molecule has 2 aromatic rings.